The molecule has 7 heteroatoms. The Morgan fingerprint density at radius 3 is 2.61 bits per heavy atom. The molecular formula is C11H19N3O2S2. The van der Waals surface area contributed by atoms with E-state index in [1.807, 2.05) is 6.92 Å². The number of nitrogens with two attached hydrogens (primary N) is 1. The first-order valence-electron chi connectivity index (χ1n) is 6.10. The number of rotatable bonds is 4. The molecule has 1 saturated heterocycles. The van der Waals surface area contributed by atoms with Crippen LogP contribution < -0.4 is 10.6 Å². The lowest BCUT2D eigenvalue weighted by molar-refractivity contribution is 0.200. The first-order chi connectivity index (χ1) is 8.53. The third-order valence-corrected chi connectivity index (χ3v) is 6.16. The van der Waals surface area contributed by atoms with Gasteiger partial charge in [-0.2, -0.15) is 0 Å². The normalized spacial score (nSPS) is 18.1. The molecule has 0 radical (unpaired) electrons. The topological polar surface area (TPSA) is 75.4 Å². The molecule has 0 unspecified atom stereocenters. The van der Waals surface area contributed by atoms with E-state index in [1.165, 1.54) is 17.8 Å². The average Bonchev–Trinajstić information content (AvgIpc) is 2.72. The molecule has 1 aliphatic heterocycles. The third-order valence-electron chi connectivity index (χ3n) is 3.05. The maximum absolute atomic E-state index is 12.2. The van der Waals surface area contributed by atoms with E-state index in [-0.39, 0.29) is 0 Å². The number of hydrogen-bond donors (Lipinski definition) is 2. The van der Waals surface area contributed by atoms with Gasteiger partial charge in [0.1, 0.15) is 4.21 Å². The molecule has 1 fully saturated rings. The molecule has 0 saturated carbocycles. The van der Waals surface area contributed by atoms with Crippen LogP contribution in [-0.4, -0.2) is 26.5 Å². The summed E-state index contributed by atoms with van der Waals surface area (Å²) >= 11 is 1.25. The maximum atomic E-state index is 12.2. The van der Waals surface area contributed by atoms with E-state index < -0.39 is 10.0 Å². The number of thiophene rings is 1. The summed E-state index contributed by atoms with van der Waals surface area (Å²) in [5.41, 5.74) is 6.52. The Bertz CT molecular complexity index is 504. The first-order valence-corrected chi connectivity index (χ1v) is 8.39. The third kappa shape index (κ3) is 3.10. The molecule has 2 heterocycles. The molecule has 0 bridgehead atoms. The number of sulfonamides is 1. The Morgan fingerprint density at radius 1 is 1.39 bits per heavy atom. The predicted octanol–water partition coefficient (Wildman–Crippen LogP) is 1.19. The summed E-state index contributed by atoms with van der Waals surface area (Å²) in [5.74, 6) is 0. The fraction of sp³-hybridized carbons (Fsp3) is 0.636. The lowest BCUT2D eigenvalue weighted by atomic mass is 10.2. The van der Waals surface area contributed by atoms with Gasteiger partial charge < -0.3 is 5.73 Å². The molecular weight excluding hydrogens is 270 g/mol. The molecule has 1 aliphatic rings. The molecule has 0 aromatic carbocycles. The molecule has 3 N–H and O–H groups in total. The molecule has 18 heavy (non-hydrogen) atoms. The van der Waals surface area contributed by atoms with Crippen molar-refractivity contribution < 1.29 is 8.42 Å². The van der Waals surface area contributed by atoms with Gasteiger partial charge >= 0.3 is 0 Å². The molecule has 2 rings (SSSR count). The van der Waals surface area contributed by atoms with Crippen LogP contribution in [0.4, 0.5) is 0 Å². The lowest BCUT2D eigenvalue weighted by Crippen LogP contribution is -2.44. The van der Waals surface area contributed by atoms with Gasteiger partial charge in [-0.25, -0.2) is 13.4 Å². The molecule has 102 valence electrons. The lowest BCUT2D eigenvalue weighted by Gasteiger charge is -2.26. The Kier molecular flexibility index (Phi) is 4.39. The van der Waals surface area contributed by atoms with E-state index in [4.69, 9.17) is 5.73 Å². The van der Waals surface area contributed by atoms with E-state index in [1.54, 1.807) is 11.1 Å². The van der Waals surface area contributed by atoms with Crippen molar-refractivity contribution in [2.75, 3.05) is 13.1 Å². The van der Waals surface area contributed by atoms with Crippen molar-refractivity contribution in [1.82, 2.24) is 9.84 Å². The van der Waals surface area contributed by atoms with Gasteiger partial charge in [0.05, 0.1) is 0 Å². The Morgan fingerprint density at radius 2 is 2.06 bits per heavy atom. The van der Waals surface area contributed by atoms with Crippen LogP contribution in [0.15, 0.2) is 10.3 Å². The van der Waals surface area contributed by atoms with E-state index in [2.05, 4.69) is 4.83 Å². The van der Waals surface area contributed by atoms with Gasteiger partial charge in [0.25, 0.3) is 10.0 Å². The summed E-state index contributed by atoms with van der Waals surface area (Å²) in [6.45, 7) is 3.84. The van der Waals surface area contributed by atoms with Gasteiger partial charge in [-0.3, -0.25) is 0 Å². The van der Waals surface area contributed by atoms with Crippen LogP contribution >= 0.6 is 11.3 Å². The van der Waals surface area contributed by atoms with Crippen molar-refractivity contribution in [3.63, 3.8) is 0 Å². The molecule has 0 aliphatic carbocycles. The number of piperidine rings is 1. The molecule has 0 spiro atoms. The molecule has 1 aromatic heterocycles. The van der Waals surface area contributed by atoms with Crippen molar-refractivity contribution >= 4 is 21.4 Å². The molecule has 0 amide bonds. The second-order valence-electron chi connectivity index (χ2n) is 4.52. The highest BCUT2D eigenvalue weighted by atomic mass is 32.2. The summed E-state index contributed by atoms with van der Waals surface area (Å²) in [6.07, 6.45) is 3.26. The SMILES string of the molecule is Cc1cc(S(=O)(=O)NN2CCCCC2)sc1CN. The Balaban J connectivity index is 2.13. The smallest absolute Gasteiger partial charge is 0.262 e. The van der Waals surface area contributed by atoms with Gasteiger partial charge in [0.2, 0.25) is 0 Å². The van der Waals surface area contributed by atoms with Gasteiger partial charge in [-0.1, -0.05) is 6.42 Å². The van der Waals surface area contributed by atoms with Crippen LogP contribution in [0.1, 0.15) is 29.7 Å². The second kappa shape index (κ2) is 5.66. The zero-order chi connectivity index (χ0) is 13.2. The largest absolute Gasteiger partial charge is 0.326 e. The van der Waals surface area contributed by atoms with Crippen molar-refractivity contribution in [2.24, 2.45) is 5.73 Å². The van der Waals surface area contributed by atoms with Gasteiger partial charge in [0.15, 0.2) is 0 Å². The van der Waals surface area contributed by atoms with Crippen LogP contribution in [0.3, 0.4) is 0 Å². The number of hydrogen-bond acceptors (Lipinski definition) is 5. The van der Waals surface area contributed by atoms with E-state index in [9.17, 15) is 8.42 Å². The number of nitrogens with zero attached hydrogens (tertiary/aromatic N) is 1. The number of hydrazine groups is 1. The Labute approximate surface area is 112 Å². The highest BCUT2D eigenvalue weighted by molar-refractivity contribution is 7.91. The minimum Gasteiger partial charge on any atom is -0.326 e. The minimum absolute atomic E-state index is 0.353. The van der Waals surface area contributed by atoms with Crippen LogP contribution in [0.2, 0.25) is 0 Å². The highest BCUT2D eigenvalue weighted by Gasteiger charge is 2.22. The van der Waals surface area contributed by atoms with E-state index >= 15 is 0 Å². The monoisotopic (exact) mass is 289 g/mol. The van der Waals surface area contributed by atoms with Gasteiger partial charge in [0, 0.05) is 24.5 Å². The standard InChI is InChI=1S/C11H19N3O2S2/c1-9-7-11(17-10(9)8-12)18(15,16)13-14-5-3-2-4-6-14/h7,13H,2-6,8,12H2,1H3. The fourth-order valence-electron chi connectivity index (χ4n) is 2.02. The summed E-state index contributed by atoms with van der Waals surface area (Å²) in [6, 6.07) is 1.69. The molecule has 5 nitrogen and oxygen atoms in total. The summed E-state index contributed by atoms with van der Waals surface area (Å²) in [4.78, 5) is 3.58. The number of nitrogens with one attached hydrogen (secondary N) is 1. The first kappa shape index (κ1) is 14.0. The summed E-state index contributed by atoms with van der Waals surface area (Å²) in [5, 5.41) is 1.79. The van der Waals surface area contributed by atoms with E-state index in [0.29, 0.717) is 10.8 Å². The summed E-state index contributed by atoms with van der Waals surface area (Å²) in [7, 11) is -3.43. The van der Waals surface area contributed by atoms with E-state index in [0.717, 1.165) is 36.4 Å². The van der Waals surface area contributed by atoms with Crippen molar-refractivity contribution in [3.8, 4) is 0 Å². The average molecular weight is 289 g/mol. The van der Waals surface area contributed by atoms with Crippen LogP contribution in [0.25, 0.3) is 0 Å². The zero-order valence-electron chi connectivity index (χ0n) is 10.5. The predicted molar refractivity (Wildman–Crippen MR) is 72.7 cm³/mol. The fourth-order valence-corrected chi connectivity index (χ4v) is 4.60. The van der Waals surface area contributed by atoms with Crippen LogP contribution in [-0.2, 0) is 16.6 Å². The zero-order valence-corrected chi connectivity index (χ0v) is 12.1. The number of aryl methyl sites for hydroxylation is 1. The quantitative estimate of drug-likeness (QED) is 0.873. The minimum atomic E-state index is -3.43. The van der Waals surface area contributed by atoms with Gasteiger partial charge in [-0.05, 0) is 31.4 Å². The Hall–Kier alpha value is -0.470. The molecule has 0 atom stereocenters. The van der Waals surface area contributed by atoms with Crippen molar-refractivity contribution in [3.05, 3.63) is 16.5 Å². The van der Waals surface area contributed by atoms with Crippen LogP contribution in [0.5, 0.6) is 0 Å². The van der Waals surface area contributed by atoms with Crippen molar-refractivity contribution in [2.45, 2.75) is 36.9 Å². The summed E-state index contributed by atoms with van der Waals surface area (Å²) < 4.78 is 24.8. The van der Waals surface area contributed by atoms with Gasteiger partial charge in [-0.15, -0.1) is 16.2 Å². The highest BCUT2D eigenvalue weighted by Crippen LogP contribution is 2.25. The van der Waals surface area contributed by atoms with Crippen molar-refractivity contribution in [1.29, 1.82) is 0 Å². The second-order valence-corrected chi connectivity index (χ2v) is 7.54. The maximum Gasteiger partial charge on any atom is 0.262 e. The van der Waals surface area contributed by atoms with Crippen LogP contribution in [0, 0.1) is 6.92 Å². The molecule has 1 aromatic rings.